The number of rotatable bonds is 6. The van der Waals surface area contributed by atoms with Crippen molar-refractivity contribution in [1.29, 1.82) is 0 Å². The lowest BCUT2D eigenvalue weighted by atomic mass is 10.2. The molecule has 0 aliphatic heterocycles. The van der Waals surface area contributed by atoms with Crippen LogP contribution in [-0.2, 0) is 11.3 Å². The number of pyridine rings is 1. The van der Waals surface area contributed by atoms with Crippen molar-refractivity contribution in [3.05, 3.63) is 30.1 Å². The number of hydrogen-bond donors (Lipinski definition) is 0. The van der Waals surface area contributed by atoms with E-state index in [-0.39, 0.29) is 5.91 Å². The quantitative estimate of drug-likeness (QED) is 0.729. The molecule has 0 spiro atoms. The number of aromatic nitrogens is 1. The highest BCUT2D eigenvalue weighted by atomic mass is 35.5. The predicted molar refractivity (Wildman–Crippen MR) is 67.8 cm³/mol. The van der Waals surface area contributed by atoms with Crippen LogP contribution in [0.1, 0.15) is 31.2 Å². The van der Waals surface area contributed by atoms with Crippen LogP contribution in [0, 0.1) is 0 Å². The summed E-state index contributed by atoms with van der Waals surface area (Å²) in [5.41, 5.74) is 1.10. The van der Waals surface area contributed by atoms with Gasteiger partial charge in [-0.15, -0.1) is 11.6 Å². The number of carbonyl (C=O) groups excluding carboxylic acids is 1. The summed E-state index contributed by atoms with van der Waals surface area (Å²) in [5.74, 6) is 0.772. The molecule has 1 amide bonds. The molecule has 17 heavy (non-hydrogen) atoms. The zero-order valence-electron chi connectivity index (χ0n) is 9.81. The minimum absolute atomic E-state index is 0.219. The van der Waals surface area contributed by atoms with Gasteiger partial charge in [0.25, 0.3) is 0 Å². The Hall–Kier alpha value is -1.09. The Balaban J connectivity index is 1.95. The van der Waals surface area contributed by atoms with E-state index < -0.39 is 0 Å². The third-order valence-electron chi connectivity index (χ3n) is 2.91. The van der Waals surface area contributed by atoms with Crippen molar-refractivity contribution in [2.24, 2.45) is 0 Å². The van der Waals surface area contributed by atoms with E-state index in [4.69, 9.17) is 11.6 Å². The largest absolute Gasteiger partial charge is 0.335 e. The number of nitrogens with zero attached hydrogens (tertiary/aromatic N) is 2. The zero-order chi connectivity index (χ0) is 12.1. The Morgan fingerprint density at radius 1 is 1.53 bits per heavy atom. The SMILES string of the molecule is O=C(CCCCl)N(Cc1cccnc1)C1CC1. The van der Waals surface area contributed by atoms with E-state index in [1.807, 2.05) is 23.2 Å². The van der Waals surface area contributed by atoms with Crippen LogP contribution in [0.2, 0.25) is 0 Å². The molecule has 1 aliphatic rings. The summed E-state index contributed by atoms with van der Waals surface area (Å²) in [5, 5.41) is 0. The molecule has 1 aliphatic carbocycles. The average molecular weight is 253 g/mol. The number of halogens is 1. The number of carbonyl (C=O) groups is 1. The van der Waals surface area contributed by atoms with Crippen LogP contribution in [-0.4, -0.2) is 27.7 Å². The summed E-state index contributed by atoms with van der Waals surface area (Å²) < 4.78 is 0. The first kappa shape index (κ1) is 12.4. The van der Waals surface area contributed by atoms with E-state index >= 15 is 0 Å². The summed E-state index contributed by atoms with van der Waals surface area (Å²) in [4.78, 5) is 18.1. The lowest BCUT2D eigenvalue weighted by Gasteiger charge is -2.22. The van der Waals surface area contributed by atoms with Gasteiger partial charge in [0.15, 0.2) is 0 Å². The third kappa shape index (κ3) is 3.70. The highest BCUT2D eigenvalue weighted by Crippen LogP contribution is 2.29. The molecule has 4 heteroatoms. The molecule has 0 radical (unpaired) electrons. The van der Waals surface area contributed by atoms with Crippen LogP contribution < -0.4 is 0 Å². The fraction of sp³-hybridized carbons (Fsp3) is 0.538. The Morgan fingerprint density at radius 3 is 2.94 bits per heavy atom. The predicted octanol–water partition coefficient (Wildman–Crippen LogP) is 2.59. The Kier molecular flexibility index (Phi) is 4.37. The minimum Gasteiger partial charge on any atom is -0.335 e. The Morgan fingerprint density at radius 2 is 2.35 bits per heavy atom. The summed E-state index contributed by atoms with van der Waals surface area (Å²) in [6, 6.07) is 4.36. The van der Waals surface area contributed by atoms with E-state index in [1.165, 1.54) is 0 Å². The van der Waals surface area contributed by atoms with Gasteiger partial charge in [0.05, 0.1) is 0 Å². The normalized spacial score (nSPS) is 14.6. The van der Waals surface area contributed by atoms with E-state index in [2.05, 4.69) is 4.98 Å². The van der Waals surface area contributed by atoms with Crippen LogP contribution in [0.25, 0.3) is 0 Å². The van der Waals surface area contributed by atoms with E-state index in [0.29, 0.717) is 24.9 Å². The Bertz CT molecular complexity index is 365. The first-order chi connectivity index (χ1) is 8.31. The van der Waals surface area contributed by atoms with E-state index in [0.717, 1.165) is 24.8 Å². The molecular formula is C13H17ClN2O. The van der Waals surface area contributed by atoms with Gasteiger partial charge in [-0.2, -0.15) is 0 Å². The van der Waals surface area contributed by atoms with Crippen LogP contribution >= 0.6 is 11.6 Å². The molecule has 1 aromatic rings. The van der Waals surface area contributed by atoms with Gasteiger partial charge in [-0.3, -0.25) is 9.78 Å². The van der Waals surface area contributed by atoms with Gasteiger partial charge in [-0.1, -0.05) is 6.07 Å². The van der Waals surface area contributed by atoms with Crippen molar-refractivity contribution in [1.82, 2.24) is 9.88 Å². The van der Waals surface area contributed by atoms with Gasteiger partial charge in [0.2, 0.25) is 5.91 Å². The van der Waals surface area contributed by atoms with Gasteiger partial charge in [-0.05, 0) is 30.9 Å². The molecule has 92 valence electrons. The summed E-state index contributed by atoms with van der Waals surface area (Å²) in [6.07, 6.45) is 7.15. The standard InChI is InChI=1S/C13H17ClN2O/c14-7-1-4-13(17)16(12-5-6-12)10-11-3-2-8-15-9-11/h2-3,8-9,12H,1,4-7,10H2. The molecule has 0 aromatic carbocycles. The molecule has 1 fully saturated rings. The smallest absolute Gasteiger partial charge is 0.223 e. The van der Waals surface area contributed by atoms with Crippen molar-refractivity contribution in [2.45, 2.75) is 38.3 Å². The molecule has 1 aromatic heterocycles. The fourth-order valence-corrected chi connectivity index (χ4v) is 1.99. The molecular weight excluding hydrogens is 236 g/mol. The number of hydrogen-bond acceptors (Lipinski definition) is 2. The lowest BCUT2D eigenvalue weighted by Crippen LogP contribution is -2.32. The van der Waals surface area contributed by atoms with Crippen molar-refractivity contribution < 1.29 is 4.79 Å². The van der Waals surface area contributed by atoms with Crippen molar-refractivity contribution in [3.63, 3.8) is 0 Å². The number of alkyl halides is 1. The van der Waals surface area contributed by atoms with Crippen molar-refractivity contribution in [3.8, 4) is 0 Å². The molecule has 0 atom stereocenters. The summed E-state index contributed by atoms with van der Waals surface area (Å²) in [7, 11) is 0. The van der Waals surface area contributed by atoms with Gasteiger partial charge >= 0.3 is 0 Å². The fourth-order valence-electron chi connectivity index (χ4n) is 1.86. The van der Waals surface area contributed by atoms with Crippen LogP contribution in [0.3, 0.4) is 0 Å². The second-order valence-corrected chi connectivity index (χ2v) is 4.78. The van der Waals surface area contributed by atoms with Gasteiger partial charge in [0.1, 0.15) is 0 Å². The van der Waals surface area contributed by atoms with Crippen LogP contribution in [0.15, 0.2) is 24.5 Å². The van der Waals surface area contributed by atoms with Gasteiger partial charge in [-0.25, -0.2) is 0 Å². The molecule has 0 saturated heterocycles. The number of amides is 1. The van der Waals surface area contributed by atoms with Crippen molar-refractivity contribution in [2.75, 3.05) is 5.88 Å². The molecule has 2 rings (SSSR count). The second-order valence-electron chi connectivity index (χ2n) is 4.41. The maximum Gasteiger partial charge on any atom is 0.223 e. The van der Waals surface area contributed by atoms with Gasteiger partial charge in [0, 0.05) is 37.3 Å². The first-order valence-electron chi connectivity index (χ1n) is 6.05. The highest BCUT2D eigenvalue weighted by Gasteiger charge is 2.31. The van der Waals surface area contributed by atoms with E-state index in [9.17, 15) is 4.79 Å². The van der Waals surface area contributed by atoms with E-state index in [1.54, 1.807) is 6.20 Å². The average Bonchev–Trinajstić information content (AvgIpc) is 3.18. The first-order valence-corrected chi connectivity index (χ1v) is 6.59. The minimum atomic E-state index is 0.219. The second kappa shape index (κ2) is 6.01. The molecule has 0 bridgehead atoms. The lowest BCUT2D eigenvalue weighted by molar-refractivity contribution is -0.132. The Labute approximate surface area is 107 Å². The summed E-state index contributed by atoms with van der Waals surface area (Å²) >= 11 is 5.62. The molecule has 3 nitrogen and oxygen atoms in total. The van der Waals surface area contributed by atoms with Crippen molar-refractivity contribution >= 4 is 17.5 Å². The third-order valence-corrected chi connectivity index (χ3v) is 3.18. The molecule has 0 unspecified atom stereocenters. The monoisotopic (exact) mass is 252 g/mol. The highest BCUT2D eigenvalue weighted by molar-refractivity contribution is 6.17. The van der Waals surface area contributed by atoms with Crippen LogP contribution in [0.4, 0.5) is 0 Å². The van der Waals surface area contributed by atoms with Gasteiger partial charge < -0.3 is 4.90 Å². The molecule has 1 heterocycles. The molecule has 0 N–H and O–H groups in total. The van der Waals surface area contributed by atoms with Crippen LogP contribution in [0.5, 0.6) is 0 Å². The molecule has 1 saturated carbocycles. The topological polar surface area (TPSA) is 33.2 Å². The zero-order valence-corrected chi connectivity index (χ0v) is 10.6. The summed E-state index contributed by atoms with van der Waals surface area (Å²) in [6.45, 7) is 0.680. The maximum atomic E-state index is 12.0. The maximum absolute atomic E-state index is 12.0.